The summed E-state index contributed by atoms with van der Waals surface area (Å²) in [4.78, 5) is 11.1. The van der Waals surface area contributed by atoms with Gasteiger partial charge in [-0.15, -0.1) is 0 Å². The molecule has 3 aromatic rings. The van der Waals surface area contributed by atoms with Crippen LogP contribution in [0, 0.1) is 11.3 Å². The van der Waals surface area contributed by atoms with Crippen molar-refractivity contribution in [2.24, 2.45) is 0 Å². The molecule has 0 radical (unpaired) electrons. The number of nitriles is 1. The van der Waals surface area contributed by atoms with Gasteiger partial charge in [0.15, 0.2) is 11.5 Å². The first-order valence-electron chi connectivity index (χ1n) is 8.98. The zero-order valence-corrected chi connectivity index (χ0v) is 15.6. The van der Waals surface area contributed by atoms with Crippen molar-refractivity contribution in [2.45, 2.75) is 13.2 Å². The van der Waals surface area contributed by atoms with Gasteiger partial charge in [0.2, 0.25) is 0 Å². The molecule has 0 bridgehead atoms. The number of aliphatic carboxylic acids is 1. The molecule has 0 unspecified atom stereocenters. The number of hydrogen-bond acceptors (Lipinski definition) is 4. The first kappa shape index (κ1) is 19.7. The molecule has 0 spiro atoms. The lowest BCUT2D eigenvalue weighted by Gasteiger charge is -2.14. The van der Waals surface area contributed by atoms with Crippen molar-refractivity contribution in [3.8, 4) is 17.6 Å². The predicted molar refractivity (Wildman–Crippen MR) is 109 cm³/mol. The topological polar surface area (TPSA) is 79.5 Å². The third-order valence-electron chi connectivity index (χ3n) is 4.10. The third kappa shape index (κ3) is 5.72. The van der Waals surface area contributed by atoms with Crippen molar-refractivity contribution in [2.75, 3.05) is 0 Å². The van der Waals surface area contributed by atoms with Gasteiger partial charge in [-0.25, -0.2) is 4.79 Å². The van der Waals surface area contributed by atoms with Gasteiger partial charge in [0, 0.05) is 0 Å². The third-order valence-corrected chi connectivity index (χ3v) is 4.10. The summed E-state index contributed by atoms with van der Waals surface area (Å²) in [6.45, 7) is 0.704. The van der Waals surface area contributed by atoms with E-state index in [9.17, 15) is 4.79 Å². The van der Waals surface area contributed by atoms with E-state index in [0.29, 0.717) is 30.3 Å². The average molecular weight is 385 g/mol. The summed E-state index contributed by atoms with van der Waals surface area (Å²) in [5.41, 5.74) is 2.20. The molecule has 0 amide bonds. The fraction of sp³-hybridized carbons (Fsp3) is 0.0833. The average Bonchev–Trinajstić information content (AvgIpc) is 2.76. The van der Waals surface area contributed by atoms with Gasteiger partial charge in [0.25, 0.3) is 0 Å². The van der Waals surface area contributed by atoms with E-state index >= 15 is 0 Å². The molecule has 3 rings (SSSR count). The van der Waals surface area contributed by atoms with E-state index in [1.165, 1.54) is 6.08 Å². The zero-order chi connectivity index (χ0) is 20.5. The summed E-state index contributed by atoms with van der Waals surface area (Å²) < 4.78 is 11.9. The van der Waals surface area contributed by atoms with Crippen LogP contribution in [0.5, 0.6) is 11.5 Å². The number of carboxylic acid groups (broad SMARTS) is 1. The number of nitrogens with zero attached hydrogens (tertiary/aromatic N) is 1. The maximum atomic E-state index is 11.1. The summed E-state index contributed by atoms with van der Waals surface area (Å²) in [5, 5.41) is 18.1. The molecule has 0 aliphatic heterocycles. The minimum absolute atomic E-state index is 0.333. The van der Waals surface area contributed by atoms with Crippen LogP contribution in [-0.2, 0) is 18.0 Å². The Morgan fingerprint density at radius 2 is 1.41 bits per heavy atom. The fourth-order valence-electron chi connectivity index (χ4n) is 2.63. The molecular formula is C24H19NO4. The van der Waals surface area contributed by atoms with Crippen molar-refractivity contribution >= 4 is 12.0 Å². The molecule has 5 heteroatoms. The number of hydrogen-bond donors (Lipinski definition) is 1. The van der Waals surface area contributed by atoms with Gasteiger partial charge >= 0.3 is 5.97 Å². The first-order valence-corrected chi connectivity index (χ1v) is 8.98. The minimum atomic E-state index is -1.27. The Balaban J connectivity index is 1.85. The van der Waals surface area contributed by atoms with E-state index in [4.69, 9.17) is 19.8 Å². The second kappa shape index (κ2) is 9.77. The van der Waals surface area contributed by atoms with E-state index in [1.54, 1.807) is 24.3 Å². The number of rotatable bonds is 8. The quantitative estimate of drug-likeness (QED) is 0.443. The zero-order valence-electron chi connectivity index (χ0n) is 15.6. The Hall–Kier alpha value is -4.04. The van der Waals surface area contributed by atoms with Gasteiger partial charge in [-0.1, -0.05) is 66.7 Å². The predicted octanol–water partition coefficient (Wildman–Crippen LogP) is 4.84. The second-order valence-corrected chi connectivity index (χ2v) is 6.23. The van der Waals surface area contributed by atoms with E-state index in [2.05, 4.69) is 0 Å². The molecule has 0 heterocycles. The molecule has 0 aliphatic rings. The molecule has 29 heavy (non-hydrogen) atoms. The Morgan fingerprint density at radius 1 is 0.862 bits per heavy atom. The maximum absolute atomic E-state index is 11.1. The Bertz CT molecular complexity index is 1040. The molecule has 0 fully saturated rings. The van der Waals surface area contributed by atoms with Crippen LogP contribution in [0.2, 0.25) is 0 Å². The molecule has 1 N–H and O–H groups in total. The van der Waals surface area contributed by atoms with Gasteiger partial charge in [0.05, 0.1) is 0 Å². The number of ether oxygens (including phenoxy) is 2. The van der Waals surface area contributed by atoms with Crippen molar-refractivity contribution in [3.63, 3.8) is 0 Å². The normalized spacial score (nSPS) is 10.8. The lowest BCUT2D eigenvalue weighted by Crippen LogP contribution is -2.01. The van der Waals surface area contributed by atoms with E-state index in [0.717, 1.165) is 11.1 Å². The van der Waals surface area contributed by atoms with Crippen LogP contribution >= 0.6 is 0 Å². The minimum Gasteiger partial charge on any atom is -0.485 e. The Labute approximate surface area is 169 Å². The summed E-state index contributed by atoms with van der Waals surface area (Å²) >= 11 is 0. The summed E-state index contributed by atoms with van der Waals surface area (Å²) in [6.07, 6.45) is 1.30. The maximum Gasteiger partial charge on any atom is 0.346 e. The van der Waals surface area contributed by atoms with Crippen LogP contribution in [0.25, 0.3) is 6.08 Å². The summed E-state index contributed by atoms with van der Waals surface area (Å²) in [6, 6.07) is 26.2. The smallest absolute Gasteiger partial charge is 0.346 e. The van der Waals surface area contributed by atoms with Crippen LogP contribution in [-0.4, -0.2) is 11.1 Å². The lowest BCUT2D eigenvalue weighted by atomic mass is 10.1. The SMILES string of the molecule is N#C/C(=C\c1ccc(OCc2ccccc2)c(OCc2ccccc2)c1)C(=O)O. The first-order chi connectivity index (χ1) is 14.2. The van der Waals surface area contributed by atoms with Crippen LogP contribution < -0.4 is 9.47 Å². The highest BCUT2D eigenvalue weighted by Crippen LogP contribution is 2.31. The highest BCUT2D eigenvalue weighted by molar-refractivity contribution is 5.96. The van der Waals surface area contributed by atoms with Crippen LogP contribution in [0.4, 0.5) is 0 Å². The molecule has 0 aliphatic carbocycles. The van der Waals surface area contributed by atoms with Crippen molar-refractivity contribution < 1.29 is 19.4 Å². The van der Waals surface area contributed by atoms with Crippen molar-refractivity contribution in [1.29, 1.82) is 5.26 Å². The molecule has 0 aromatic heterocycles. The molecular weight excluding hydrogens is 366 g/mol. The van der Waals surface area contributed by atoms with E-state index in [1.807, 2.05) is 60.7 Å². The van der Waals surface area contributed by atoms with Crippen LogP contribution in [0.15, 0.2) is 84.4 Å². The lowest BCUT2D eigenvalue weighted by molar-refractivity contribution is -0.132. The van der Waals surface area contributed by atoms with Crippen molar-refractivity contribution in [3.05, 3.63) is 101 Å². The van der Waals surface area contributed by atoms with Crippen LogP contribution in [0.3, 0.4) is 0 Å². The fourth-order valence-corrected chi connectivity index (χ4v) is 2.63. The van der Waals surface area contributed by atoms with Gasteiger partial charge in [-0.3, -0.25) is 0 Å². The summed E-state index contributed by atoms with van der Waals surface area (Å²) in [7, 11) is 0. The van der Waals surface area contributed by atoms with Gasteiger partial charge in [0.1, 0.15) is 24.9 Å². The Kier molecular flexibility index (Phi) is 6.64. The van der Waals surface area contributed by atoms with Gasteiger partial charge in [-0.05, 0) is 34.9 Å². The highest BCUT2D eigenvalue weighted by atomic mass is 16.5. The molecule has 0 saturated heterocycles. The molecule has 3 aromatic carbocycles. The highest BCUT2D eigenvalue weighted by Gasteiger charge is 2.10. The number of benzene rings is 3. The molecule has 5 nitrogen and oxygen atoms in total. The molecule has 144 valence electrons. The monoisotopic (exact) mass is 385 g/mol. The van der Waals surface area contributed by atoms with Gasteiger partial charge < -0.3 is 14.6 Å². The van der Waals surface area contributed by atoms with Crippen LogP contribution in [0.1, 0.15) is 16.7 Å². The molecule has 0 atom stereocenters. The largest absolute Gasteiger partial charge is 0.485 e. The Morgan fingerprint density at radius 3 is 1.93 bits per heavy atom. The van der Waals surface area contributed by atoms with E-state index in [-0.39, 0.29) is 5.57 Å². The standard InChI is InChI=1S/C24H19NO4/c25-15-21(24(26)27)13-20-11-12-22(28-16-18-7-3-1-4-8-18)23(14-20)29-17-19-9-5-2-6-10-19/h1-14H,16-17H2,(H,26,27)/b21-13+. The summed E-state index contributed by atoms with van der Waals surface area (Å²) in [5.74, 6) is -0.263. The second-order valence-electron chi connectivity index (χ2n) is 6.23. The van der Waals surface area contributed by atoms with Gasteiger partial charge in [-0.2, -0.15) is 5.26 Å². The number of carboxylic acids is 1. The van der Waals surface area contributed by atoms with E-state index < -0.39 is 5.97 Å². The van der Waals surface area contributed by atoms with Crippen molar-refractivity contribution in [1.82, 2.24) is 0 Å². The number of carbonyl (C=O) groups is 1. The molecule has 0 saturated carbocycles.